The Kier molecular flexibility index (Phi) is 3.77. The number of halogens is 1. The number of rotatable bonds is 4. The van der Waals surface area contributed by atoms with E-state index in [1.165, 1.54) is 11.3 Å². The molecule has 1 aromatic carbocycles. The van der Waals surface area contributed by atoms with E-state index in [9.17, 15) is 0 Å². The van der Waals surface area contributed by atoms with Crippen molar-refractivity contribution in [3.05, 3.63) is 40.4 Å². The number of aromatic nitrogens is 1. The second-order valence-corrected chi connectivity index (χ2v) is 4.38. The molecule has 16 heavy (non-hydrogen) atoms. The van der Waals surface area contributed by atoms with Crippen molar-refractivity contribution in [2.24, 2.45) is 0 Å². The summed E-state index contributed by atoms with van der Waals surface area (Å²) in [5.41, 5.74) is 1.09. The molecule has 0 aliphatic rings. The number of benzene rings is 1. The van der Waals surface area contributed by atoms with Gasteiger partial charge in [0.2, 0.25) is 0 Å². The number of ether oxygens (including phenoxy) is 1. The number of nitrogens with one attached hydrogen (secondary N) is 1. The SMILES string of the molecule is CNCc1ccccc1Oc1nc(Cl)cs1. The molecule has 0 aliphatic heterocycles. The maximum Gasteiger partial charge on any atom is 0.280 e. The van der Waals surface area contributed by atoms with Crippen LogP contribution in [0.3, 0.4) is 0 Å². The largest absolute Gasteiger partial charge is 0.431 e. The third-order valence-corrected chi connectivity index (χ3v) is 3.03. The van der Waals surface area contributed by atoms with Crippen molar-refractivity contribution in [2.75, 3.05) is 7.05 Å². The summed E-state index contributed by atoms with van der Waals surface area (Å²) < 4.78 is 5.67. The molecule has 0 fully saturated rings. The Morgan fingerprint density at radius 1 is 1.44 bits per heavy atom. The average molecular weight is 255 g/mol. The summed E-state index contributed by atoms with van der Waals surface area (Å²) in [5, 5.41) is 5.87. The third-order valence-electron chi connectivity index (χ3n) is 1.99. The molecule has 0 bridgehead atoms. The van der Waals surface area contributed by atoms with Crippen molar-refractivity contribution >= 4 is 22.9 Å². The van der Waals surface area contributed by atoms with Gasteiger partial charge in [-0.1, -0.05) is 41.1 Å². The van der Waals surface area contributed by atoms with Crippen LogP contribution in [0.2, 0.25) is 5.15 Å². The molecule has 0 amide bonds. The quantitative estimate of drug-likeness (QED) is 0.909. The first-order valence-electron chi connectivity index (χ1n) is 4.81. The molecule has 0 radical (unpaired) electrons. The van der Waals surface area contributed by atoms with Crippen molar-refractivity contribution in [1.29, 1.82) is 0 Å². The highest BCUT2D eigenvalue weighted by molar-refractivity contribution is 7.11. The van der Waals surface area contributed by atoms with E-state index >= 15 is 0 Å². The van der Waals surface area contributed by atoms with E-state index in [2.05, 4.69) is 10.3 Å². The van der Waals surface area contributed by atoms with Crippen LogP contribution in [-0.4, -0.2) is 12.0 Å². The first kappa shape index (κ1) is 11.4. The lowest BCUT2D eigenvalue weighted by Crippen LogP contribution is -2.06. The summed E-state index contributed by atoms with van der Waals surface area (Å²) in [6.45, 7) is 0.759. The predicted molar refractivity (Wildman–Crippen MR) is 66.4 cm³/mol. The zero-order valence-electron chi connectivity index (χ0n) is 8.74. The molecule has 1 heterocycles. The van der Waals surface area contributed by atoms with Crippen LogP contribution in [-0.2, 0) is 6.54 Å². The molecule has 1 N–H and O–H groups in total. The van der Waals surface area contributed by atoms with E-state index in [0.717, 1.165) is 17.9 Å². The van der Waals surface area contributed by atoms with E-state index in [0.29, 0.717) is 10.3 Å². The third kappa shape index (κ3) is 2.72. The number of para-hydroxylation sites is 1. The van der Waals surface area contributed by atoms with Crippen LogP contribution in [0.4, 0.5) is 0 Å². The van der Waals surface area contributed by atoms with Crippen LogP contribution in [0.5, 0.6) is 10.9 Å². The summed E-state index contributed by atoms with van der Waals surface area (Å²) in [5.74, 6) is 0.808. The fourth-order valence-corrected chi connectivity index (χ4v) is 2.12. The van der Waals surface area contributed by atoms with Gasteiger partial charge < -0.3 is 10.1 Å². The van der Waals surface area contributed by atoms with Crippen LogP contribution >= 0.6 is 22.9 Å². The molecule has 0 saturated heterocycles. The van der Waals surface area contributed by atoms with E-state index in [1.54, 1.807) is 5.38 Å². The van der Waals surface area contributed by atoms with Crippen molar-refractivity contribution in [3.8, 4) is 10.9 Å². The van der Waals surface area contributed by atoms with Gasteiger partial charge >= 0.3 is 0 Å². The van der Waals surface area contributed by atoms with Gasteiger partial charge in [-0.15, -0.1) is 0 Å². The Bertz CT molecular complexity index is 473. The maximum atomic E-state index is 5.73. The second-order valence-electron chi connectivity index (χ2n) is 3.18. The fourth-order valence-electron chi connectivity index (χ4n) is 1.32. The highest BCUT2D eigenvalue weighted by Gasteiger charge is 2.06. The molecule has 0 unspecified atom stereocenters. The zero-order valence-corrected chi connectivity index (χ0v) is 10.3. The van der Waals surface area contributed by atoms with E-state index in [4.69, 9.17) is 16.3 Å². The molecule has 3 nitrogen and oxygen atoms in total. The van der Waals surface area contributed by atoms with Crippen molar-refractivity contribution < 1.29 is 4.74 Å². The molecule has 1 aromatic heterocycles. The van der Waals surface area contributed by atoms with Crippen LogP contribution in [0.15, 0.2) is 29.6 Å². The lowest BCUT2D eigenvalue weighted by Gasteiger charge is -2.07. The van der Waals surface area contributed by atoms with Gasteiger partial charge in [-0.05, 0) is 13.1 Å². The Balaban J connectivity index is 2.20. The first-order chi connectivity index (χ1) is 7.79. The maximum absolute atomic E-state index is 5.73. The predicted octanol–water partition coefficient (Wildman–Crippen LogP) is 3.31. The second kappa shape index (κ2) is 5.30. The van der Waals surface area contributed by atoms with Crippen molar-refractivity contribution in [1.82, 2.24) is 10.3 Å². The molecule has 2 aromatic rings. The van der Waals surface area contributed by atoms with Gasteiger partial charge in [0.05, 0.1) is 0 Å². The number of hydrogen-bond acceptors (Lipinski definition) is 4. The monoisotopic (exact) mass is 254 g/mol. The fraction of sp³-hybridized carbons (Fsp3) is 0.182. The van der Waals surface area contributed by atoms with Crippen LogP contribution in [0, 0.1) is 0 Å². The Morgan fingerprint density at radius 3 is 2.94 bits per heavy atom. The standard InChI is InChI=1S/C11H11ClN2OS/c1-13-6-8-4-2-3-5-9(8)15-11-14-10(12)7-16-11/h2-5,7,13H,6H2,1H3. The first-order valence-corrected chi connectivity index (χ1v) is 6.07. The molecule has 0 aliphatic carbocycles. The normalized spacial score (nSPS) is 10.4. The summed E-state index contributed by atoms with van der Waals surface area (Å²) in [7, 11) is 1.90. The minimum atomic E-state index is 0.464. The molecule has 5 heteroatoms. The summed E-state index contributed by atoms with van der Waals surface area (Å²) >= 11 is 7.12. The van der Waals surface area contributed by atoms with Gasteiger partial charge in [0.15, 0.2) is 0 Å². The molecule has 2 rings (SSSR count). The molecule has 0 atom stereocenters. The van der Waals surface area contributed by atoms with Crippen LogP contribution in [0.1, 0.15) is 5.56 Å². The van der Waals surface area contributed by atoms with Gasteiger partial charge in [0, 0.05) is 17.5 Å². The van der Waals surface area contributed by atoms with E-state index in [1.807, 2.05) is 31.3 Å². The lowest BCUT2D eigenvalue weighted by atomic mass is 10.2. The Labute approximate surface area is 103 Å². The lowest BCUT2D eigenvalue weighted by molar-refractivity contribution is 0.471. The molecule has 0 spiro atoms. The van der Waals surface area contributed by atoms with Gasteiger partial charge in [-0.3, -0.25) is 0 Å². The average Bonchev–Trinajstić information content (AvgIpc) is 2.67. The molecular weight excluding hydrogens is 244 g/mol. The minimum Gasteiger partial charge on any atom is -0.431 e. The molecule has 0 saturated carbocycles. The van der Waals surface area contributed by atoms with Crippen LogP contribution < -0.4 is 10.1 Å². The zero-order chi connectivity index (χ0) is 11.4. The number of nitrogens with zero attached hydrogens (tertiary/aromatic N) is 1. The van der Waals surface area contributed by atoms with E-state index in [-0.39, 0.29) is 0 Å². The molecular formula is C11H11ClN2OS. The van der Waals surface area contributed by atoms with Gasteiger partial charge in [-0.25, -0.2) is 0 Å². The van der Waals surface area contributed by atoms with Crippen LogP contribution in [0.25, 0.3) is 0 Å². The topological polar surface area (TPSA) is 34.1 Å². The smallest absolute Gasteiger partial charge is 0.280 e. The minimum absolute atomic E-state index is 0.464. The summed E-state index contributed by atoms with van der Waals surface area (Å²) in [6.07, 6.45) is 0. The highest BCUT2D eigenvalue weighted by Crippen LogP contribution is 2.29. The van der Waals surface area contributed by atoms with E-state index < -0.39 is 0 Å². The Hall–Kier alpha value is -1.10. The van der Waals surface area contributed by atoms with Gasteiger partial charge in [-0.2, -0.15) is 4.98 Å². The summed E-state index contributed by atoms with van der Waals surface area (Å²) in [6, 6.07) is 7.85. The van der Waals surface area contributed by atoms with Gasteiger partial charge in [0.1, 0.15) is 10.9 Å². The number of thiazole rings is 1. The Morgan fingerprint density at radius 2 is 2.25 bits per heavy atom. The van der Waals surface area contributed by atoms with Gasteiger partial charge in [0.25, 0.3) is 5.19 Å². The van der Waals surface area contributed by atoms with Crippen molar-refractivity contribution in [2.45, 2.75) is 6.54 Å². The number of hydrogen-bond donors (Lipinski definition) is 1. The summed E-state index contributed by atoms with van der Waals surface area (Å²) in [4.78, 5) is 4.05. The highest BCUT2D eigenvalue weighted by atomic mass is 35.5. The molecule has 84 valence electrons. The van der Waals surface area contributed by atoms with Crippen molar-refractivity contribution in [3.63, 3.8) is 0 Å².